The molecule has 1 aliphatic rings. The van der Waals surface area contributed by atoms with Crippen LogP contribution < -0.4 is 15.1 Å². The van der Waals surface area contributed by atoms with Gasteiger partial charge in [0.1, 0.15) is 5.82 Å². The van der Waals surface area contributed by atoms with Crippen LogP contribution in [0.4, 0.5) is 17.2 Å². The number of halogens is 1. The molecule has 1 aromatic heterocycles. The molecule has 2 aromatic rings. The van der Waals surface area contributed by atoms with Crippen LogP contribution in [0, 0.1) is 5.41 Å². The third-order valence-electron chi connectivity index (χ3n) is 4.46. The van der Waals surface area contributed by atoms with Crippen LogP contribution in [-0.4, -0.2) is 37.1 Å². The Kier molecular flexibility index (Phi) is 5.37. The van der Waals surface area contributed by atoms with Crippen molar-refractivity contribution in [2.75, 3.05) is 41.3 Å². The fraction of sp³-hybridized carbons (Fsp3) is 0.400. The molecule has 1 N–H and O–H groups in total. The van der Waals surface area contributed by atoms with Gasteiger partial charge in [-0.1, -0.05) is 38.4 Å². The molecular weight excluding hydrogens is 348 g/mol. The second-order valence-corrected chi connectivity index (χ2v) is 8.00. The maximum Gasteiger partial charge on any atom is 0.229 e. The van der Waals surface area contributed by atoms with E-state index < -0.39 is 5.41 Å². The number of nitrogens with zero attached hydrogens (tertiary/aromatic N) is 3. The molecular formula is C20H25ClN4O. The van der Waals surface area contributed by atoms with E-state index >= 15 is 0 Å². The summed E-state index contributed by atoms with van der Waals surface area (Å²) >= 11 is 6.09. The van der Waals surface area contributed by atoms with E-state index in [1.54, 1.807) is 6.20 Å². The fourth-order valence-corrected chi connectivity index (χ4v) is 3.02. The average Bonchev–Trinajstić information content (AvgIpc) is 2.62. The Morgan fingerprint density at radius 3 is 2.35 bits per heavy atom. The molecule has 5 nitrogen and oxygen atoms in total. The van der Waals surface area contributed by atoms with Gasteiger partial charge in [0, 0.05) is 42.3 Å². The number of piperazine rings is 1. The zero-order valence-electron chi connectivity index (χ0n) is 15.5. The van der Waals surface area contributed by atoms with Gasteiger partial charge in [-0.2, -0.15) is 0 Å². The van der Waals surface area contributed by atoms with Crippen LogP contribution >= 0.6 is 11.6 Å². The summed E-state index contributed by atoms with van der Waals surface area (Å²) in [7, 11) is 0. The second-order valence-electron chi connectivity index (χ2n) is 7.56. The summed E-state index contributed by atoms with van der Waals surface area (Å²) in [5.74, 6) is 0.923. The number of hydrogen-bond donors (Lipinski definition) is 1. The van der Waals surface area contributed by atoms with E-state index in [0.717, 1.165) is 48.4 Å². The van der Waals surface area contributed by atoms with Gasteiger partial charge in [0.05, 0.1) is 11.9 Å². The van der Waals surface area contributed by atoms with Crippen LogP contribution in [0.3, 0.4) is 0 Å². The first-order valence-corrected chi connectivity index (χ1v) is 9.24. The number of benzene rings is 1. The Hall–Kier alpha value is -2.27. The Morgan fingerprint density at radius 2 is 1.77 bits per heavy atom. The third-order valence-corrected chi connectivity index (χ3v) is 4.70. The first-order valence-electron chi connectivity index (χ1n) is 8.86. The van der Waals surface area contributed by atoms with E-state index in [0.29, 0.717) is 0 Å². The molecule has 138 valence electrons. The highest BCUT2D eigenvalue weighted by atomic mass is 35.5. The summed E-state index contributed by atoms with van der Waals surface area (Å²) < 4.78 is 0. The molecule has 2 heterocycles. The molecule has 3 rings (SSSR count). The number of carbonyl (C=O) groups excluding carboxylic acids is 1. The molecule has 1 aliphatic heterocycles. The lowest BCUT2D eigenvalue weighted by atomic mass is 9.96. The predicted octanol–water partition coefficient (Wildman–Crippen LogP) is 4.05. The molecule has 0 radical (unpaired) electrons. The minimum absolute atomic E-state index is 0.0119. The van der Waals surface area contributed by atoms with Gasteiger partial charge in [-0.25, -0.2) is 4.98 Å². The van der Waals surface area contributed by atoms with Crippen LogP contribution in [0.25, 0.3) is 0 Å². The summed E-state index contributed by atoms with van der Waals surface area (Å²) in [6.45, 7) is 9.31. The van der Waals surface area contributed by atoms with Crippen molar-refractivity contribution < 1.29 is 4.79 Å². The molecule has 1 aromatic carbocycles. The van der Waals surface area contributed by atoms with Crippen molar-refractivity contribution in [2.45, 2.75) is 20.8 Å². The number of amides is 1. The largest absolute Gasteiger partial charge is 0.368 e. The molecule has 6 heteroatoms. The Bertz CT molecular complexity index is 762. The molecule has 0 unspecified atom stereocenters. The summed E-state index contributed by atoms with van der Waals surface area (Å²) in [5.41, 5.74) is 1.46. The summed E-state index contributed by atoms with van der Waals surface area (Å²) in [6.07, 6.45) is 1.72. The fourth-order valence-electron chi connectivity index (χ4n) is 2.83. The quantitative estimate of drug-likeness (QED) is 0.883. The second kappa shape index (κ2) is 7.54. The molecule has 1 fully saturated rings. The van der Waals surface area contributed by atoms with E-state index in [-0.39, 0.29) is 5.91 Å². The smallest absolute Gasteiger partial charge is 0.229 e. The van der Waals surface area contributed by atoms with E-state index in [1.807, 2.05) is 51.1 Å². The highest BCUT2D eigenvalue weighted by Crippen LogP contribution is 2.23. The Balaban J connectivity index is 1.59. The number of anilines is 3. The van der Waals surface area contributed by atoms with Gasteiger partial charge in [-0.05, 0) is 30.3 Å². The van der Waals surface area contributed by atoms with Crippen LogP contribution in [-0.2, 0) is 4.79 Å². The van der Waals surface area contributed by atoms with E-state index in [9.17, 15) is 4.79 Å². The highest BCUT2D eigenvalue weighted by Gasteiger charge is 2.22. The summed E-state index contributed by atoms with van der Waals surface area (Å²) in [4.78, 5) is 21.2. The maximum absolute atomic E-state index is 12.1. The minimum Gasteiger partial charge on any atom is -0.368 e. The Morgan fingerprint density at radius 1 is 1.08 bits per heavy atom. The van der Waals surface area contributed by atoms with Crippen molar-refractivity contribution in [2.24, 2.45) is 5.41 Å². The lowest BCUT2D eigenvalue weighted by Crippen LogP contribution is -2.46. The maximum atomic E-state index is 12.1. The topological polar surface area (TPSA) is 48.5 Å². The highest BCUT2D eigenvalue weighted by molar-refractivity contribution is 6.30. The molecule has 0 saturated carbocycles. The van der Waals surface area contributed by atoms with Gasteiger partial charge < -0.3 is 15.1 Å². The molecule has 1 saturated heterocycles. The molecule has 1 amide bonds. The van der Waals surface area contributed by atoms with Gasteiger partial charge in [0.2, 0.25) is 5.91 Å². The van der Waals surface area contributed by atoms with E-state index in [2.05, 4.69) is 26.2 Å². The van der Waals surface area contributed by atoms with Crippen molar-refractivity contribution in [3.05, 3.63) is 47.6 Å². The minimum atomic E-state index is -0.421. The first-order chi connectivity index (χ1) is 12.3. The van der Waals surface area contributed by atoms with Crippen molar-refractivity contribution in [1.82, 2.24) is 4.98 Å². The molecule has 0 bridgehead atoms. The monoisotopic (exact) mass is 372 g/mol. The number of carbonyl (C=O) groups is 1. The number of aromatic nitrogens is 1. The number of rotatable bonds is 3. The number of pyridine rings is 1. The lowest BCUT2D eigenvalue weighted by Gasteiger charge is -2.36. The number of hydrogen-bond acceptors (Lipinski definition) is 4. The molecule has 0 spiro atoms. The SMILES string of the molecule is CC(C)(C)C(=O)Nc1ccc(N2CCN(c3cccc(Cl)c3)CC2)nc1. The van der Waals surface area contributed by atoms with Crippen LogP contribution in [0.2, 0.25) is 5.02 Å². The predicted molar refractivity (Wildman–Crippen MR) is 108 cm³/mol. The molecule has 0 aliphatic carbocycles. The zero-order valence-corrected chi connectivity index (χ0v) is 16.3. The van der Waals surface area contributed by atoms with E-state index in [1.165, 1.54) is 0 Å². The van der Waals surface area contributed by atoms with Gasteiger partial charge in [-0.15, -0.1) is 0 Å². The first kappa shape index (κ1) is 18.5. The third kappa shape index (κ3) is 4.47. The van der Waals surface area contributed by atoms with Crippen molar-refractivity contribution in [3.8, 4) is 0 Å². The lowest BCUT2D eigenvalue weighted by molar-refractivity contribution is -0.123. The average molecular weight is 373 g/mol. The summed E-state index contributed by atoms with van der Waals surface area (Å²) in [6, 6.07) is 11.8. The van der Waals surface area contributed by atoms with Gasteiger partial charge >= 0.3 is 0 Å². The van der Waals surface area contributed by atoms with Gasteiger partial charge in [-0.3, -0.25) is 4.79 Å². The van der Waals surface area contributed by atoms with E-state index in [4.69, 9.17) is 11.6 Å². The van der Waals surface area contributed by atoms with Crippen LogP contribution in [0.1, 0.15) is 20.8 Å². The Labute approximate surface area is 160 Å². The number of nitrogens with one attached hydrogen (secondary N) is 1. The normalized spacial score (nSPS) is 15.1. The molecule has 26 heavy (non-hydrogen) atoms. The van der Waals surface area contributed by atoms with Crippen molar-refractivity contribution in [1.29, 1.82) is 0 Å². The van der Waals surface area contributed by atoms with Gasteiger partial charge in [0.15, 0.2) is 0 Å². The van der Waals surface area contributed by atoms with Crippen LogP contribution in [0.5, 0.6) is 0 Å². The van der Waals surface area contributed by atoms with Gasteiger partial charge in [0.25, 0.3) is 0 Å². The van der Waals surface area contributed by atoms with Crippen molar-refractivity contribution in [3.63, 3.8) is 0 Å². The summed E-state index contributed by atoms with van der Waals surface area (Å²) in [5, 5.41) is 3.67. The standard InChI is InChI=1S/C20H25ClN4O/c1-20(2,3)19(26)23-16-7-8-18(22-14-16)25-11-9-24(10-12-25)17-6-4-5-15(21)13-17/h4-8,13-14H,9-12H2,1-3H3,(H,23,26). The zero-order chi connectivity index (χ0) is 18.7. The molecule has 0 atom stereocenters. The van der Waals surface area contributed by atoms with Crippen LogP contribution in [0.15, 0.2) is 42.6 Å². The van der Waals surface area contributed by atoms with Crippen molar-refractivity contribution >= 4 is 34.7 Å².